The molecule has 2 heterocycles. The van der Waals surface area contributed by atoms with Crippen molar-refractivity contribution in [1.82, 2.24) is 0 Å². The molecule has 0 radical (unpaired) electrons. The van der Waals surface area contributed by atoms with E-state index in [1.54, 1.807) is 92.1 Å². The van der Waals surface area contributed by atoms with Crippen molar-refractivity contribution in [3.8, 4) is 17.2 Å². The molecule has 220 valence electrons. The third kappa shape index (κ3) is 3.70. The number of rotatable bonds is 6. The molecule has 1 spiro atoms. The summed E-state index contributed by atoms with van der Waals surface area (Å²) < 4.78 is 31.1. The molecular formula is C36H28FNO6. The van der Waals surface area contributed by atoms with Crippen LogP contribution < -0.4 is 19.1 Å². The zero-order chi connectivity index (χ0) is 30.7. The van der Waals surface area contributed by atoms with Crippen LogP contribution in [-0.2, 0) is 0 Å². The fraction of sp³-hybridized carbons (Fsp3) is 0.194. The molecule has 0 bridgehead atoms. The van der Waals surface area contributed by atoms with Crippen LogP contribution >= 0.6 is 0 Å². The average Bonchev–Trinajstić information content (AvgIpc) is 3.49. The molecule has 7 rings (SSSR count). The highest BCUT2D eigenvalue weighted by Gasteiger charge is 2.72. The lowest BCUT2D eigenvalue weighted by atomic mass is 9.64. The highest BCUT2D eigenvalue weighted by atomic mass is 19.1. The van der Waals surface area contributed by atoms with Crippen LogP contribution in [0.2, 0.25) is 0 Å². The Morgan fingerprint density at radius 1 is 0.795 bits per heavy atom. The summed E-state index contributed by atoms with van der Waals surface area (Å²) in [6.45, 7) is 0. The van der Waals surface area contributed by atoms with E-state index in [9.17, 15) is 18.8 Å². The minimum Gasteiger partial charge on any atom is -0.497 e. The molecule has 1 aliphatic carbocycles. The second kappa shape index (κ2) is 10.2. The van der Waals surface area contributed by atoms with Crippen molar-refractivity contribution in [1.29, 1.82) is 0 Å². The van der Waals surface area contributed by atoms with Crippen molar-refractivity contribution >= 4 is 29.1 Å². The molecule has 4 aromatic carbocycles. The number of benzene rings is 4. The van der Waals surface area contributed by atoms with Crippen molar-refractivity contribution in [3.05, 3.63) is 125 Å². The molecule has 44 heavy (non-hydrogen) atoms. The molecule has 0 saturated carbocycles. The van der Waals surface area contributed by atoms with E-state index in [0.717, 1.165) is 0 Å². The zero-order valence-electron chi connectivity index (χ0n) is 24.2. The Kier molecular flexibility index (Phi) is 6.39. The Labute approximate surface area is 253 Å². The van der Waals surface area contributed by atoms with Crippen LogP contribution in [-0.4, -0.2) is 50.8 Å². The average molecular weight is 590 g/mol. The summed E-state index contributed by atoms with van der Waals surface area (Å²) in [4.78, 5) is 46.3. The van der Waals surface area contributed by atoms with E-state index in [0.29, 0.717) is 50.8 Å². The predicted molar refractivity (Wildman–Crippen MR) is 163 cm³/mol. The van der Waals surface area contributed by atoms with Crippen LogP contribution in [0.5, 0.6) is 17.2 Å². The maximum absolute atomic E-state index is 14.8. The first kappa shape index (κ1) is 27.6. The van der Waals surface area contributed by atoms with Gasteiger partial charge in [-0.3, -0.25) is 14.4 Å². The Morgan fingerprint density at radius 3 is 2.09 bits per heavy atom. The summed E-state index contributed by atoms with van der Waals surface area (Å²) in [6.07, 6.45) is 3.49. The quantitative estimate of drug-likeness (QED) is 0.197. The number of carbonyl (C=O) groups is 3. The maximum Gasteiger partial charge on any atom is 0.185 e. The second-order valence-corrected chi connectivity index (χ2v) is 11.1. The Hall–Kier alpha value is -5.24. The van der Waals surface area contributed by atoms with E-state index in [2.05, 4.69) is 0 Å². The van der Waals surface area contributed by atoms with E-state index >= 15 is 0 Å². The fourth-order valence-electron chi connectivity index (χ4n) is 7.29. The molecule has 7 nitrogen and oxygen atoms in total. The number of ether oxygens (including phenoxy) is 3. The van der Waals surface area contributed by atoms with E-state index in [4.69, 9.17) is 14.2 Å². The third-order valence-corrected chi connectivity index (χ3v) is 9.18. The molecule has 3 atom stereocenters. The predicted octanol–water partition coefficient (Wildman–Crippen LogP) is 6.17. The lowest BCUT2D eigenvalue weighted by molar-refractivity contribution is 0.0664. The number of Topliss-reactive ketones (excluding diaryl/α,β-unsaturated/α-hetero) is 3. The summed E-state index contributed by atoms with van der Waals surface area (Å²) >= 11 is 0. The van der Waals surface area contributed by atoms with Crippen LogP contribution in [0.3, 0.4) is 0 Å². The van der Waals surface area contributed by atoms with Crippen molar-refractivity contribution in [2.24, 2.45) is 5.41 Å². The molecule has 4 aromatic rings. The van der Waals surface area contributed by atoms with Gasteiger partial charge in [0.25, 0.3) is 0 Å². The van der Waals surface area contributed by atoms with Gasteiger partial charge in [0.2, 0.25) is 0 Å². The van der Waals surface area contributed by atoms with Crippen LogP contribution in [0.15, 0.2) is 91.0 Å². The number of carbonyl (C=O) groups excluding carboxylic acids is 3. The normalized spacial score (nSPS) is 20.7. The fourth-order valence-corrected chi connectivity index (χ4v) is 7.29. The van der Waals surface area contributed by atoms with Crippen LogP contribution in [0.25, 0.3) is 6.08 Å². The summed E-state index contributed by atoms with van der Waals surface area (Å²) in [5.41, 5.74) is 0.884. The van der Waals surface area contributed by atoms with Gasteiger partial charge < -0.3 is 19.1 Å². The monoisotopic (exact) mass is 589 g/mol. The number of anilines is 1. The van der Waals surface area contributed by atoms with Crippen molar-refractivity contribution in [3.63, 3.8) is 0 Å². The minimum absolute atomic E-state index is 0.306. The van der Waals surface area contributed by atoms with Crippen LogP contribution in [0, 0.1) is 11.2 Å². The minimum atomic E-state index is -1.72. The molecule has 8 heteroatoms. The number of nitrogens with zero attached hydrogens (tertiary/aromatic N) is 1. The molecule has 1 fully saturated rings. The van der Waals surface area contributed by atoms with Gasteiger partial charge in [-0.2, -0.15) is 0 Å². The van der Waals surface area contributed by atoms with Gasteiger partial charge in [-0.1, -0.05) is 42.5 Å². The van der Waals surface area contributed by atoms with Gasteiger partial charge in [0.15, 0.2) is 17.3 Å². The smallest absolute Gasteiger partial charge is 0.185 e. The molecule has 1 saturated heterocycles. The van der Waals surface area contributed by atoms with Gasteiger partial charge in [-0.05, 0) is 48.5 Å². The molecule has 0 aromatic heterocycles. The van der Waals surface area contributed by atoms with E-state index < -0.39 is 29.2 Å². The molecule has 0 unspecified atom stereocenters. The summed E-state index contributed by atoms with van der Waals surface area (Å²) in [7, 11) is 4.57. The summed E-state index contributed by atoms with van der Waals surface area (Å²) in [5.74, 6) is -0.993. The van der Waals surface area contributed by atoms with Crippen molar-refractivity contribution in [2.75, 3.05) is 26.2 Å². The van der Waals surface area contributed by atoms with Crippen molar-refractivity contribution in [2.45, 2.75) is 18.0 Å². The van der Waals surface area contributed by atoms with Crippen LogP contribution in [0.4, 0.5) is 10.1 Å². The van der Waals surface area contributed by atoms with Gasteiger partial charge in [-0.25, -0.2) is 4.39 Å². The Bertz CT molecular complexity index is 1850. The van der Waals surface area contributed by atoms with Gasteiger partial charge in [0, 0.05) is 45.5 Å². The topological polar surface area (TPSA) is 82.1 Å². The third-order valence-electron chi connectivity index (χ3n) is 9.18. The van der Waals surface area contributed by atoms with Gasteiger partial charge in [0.1, 0.15) is 34.5 Å². The lowest BCUT2D eigenvalue weighted by Crippen LogP contribution is -2.48. The van der Waals surface area contributed by atoms with Gasteiger partial charge in [0.05, 0.1) is 27.4 Å². The summed E-state index contributed by atoms with van der Waals surface area (Å²) in [5, 5.41) is 0. The number of methoxy groups -OCH3 is 3. The van der Waals surface area contributed by atoms with E-state index in [-0.39, 0.29) is 17.3 Å². The number of hydrogen-bond acceptors (Lipinski definition) is 7. The Balaban J connectivity index is 1.55. The second-order valence-electron chi connectivity index (χ2n) is 11.1. The number of ketones is 3. The summed E-state index contributed by atoms with van der Waals surface area (Å²) in [6, 6.07) is 21.1. The highest BCUT2D eigenvalue weighted by Crippen LogP contribution is 2.62. The number of fused-ring (bicyclic) bond motifs is 5. The first-order chi connectivity index (χ1) is 21.3. The standard InChI is InChI=1S/C36H28FNO6/c1-42-23-12-8-20(9-13-23)33(39)32-31(27-15-14-24(43-2)19-29(27)44-3)36(34(40)25-6-4-5-7-26(25)35(36)41)30-17-10-21-18-22(37)11-16-28(21)38(30)32/h4-19,30-32H,1-3H3/t30-,31-,32+/m1/s1. The lowest BCUT2D eigenvalue weighted by Gasteiger charge is -2.37. The number of hydrogen-bond donors (Lipinski definition) is 0. The number of halogens is 1. The molecule has 0 amide bonds. The maximum atomic E-state index is 14.8. The van der Waals surface area contributed by atoms with E-state index in [1.165, 1.54) is 26.4 Å². The highest BCUT2D eigenvalue weighted by molar-refractivity contribution is 6.32. The first-order valence-electron chi connectivity index (χ1n) is 14.2. The van der Waals surface area contributed by atoms with Gasteiger partial charge >= 0.3 is 0 Å². The van der Waals surface area contributed by atoms with Crippen LogP contribution in [0.1, 0.15) is 48.1 Å². The largest absolute Gasteiger partial charge is 0.497 e. The SMILES string of the molecule is COc1ccc(C(=O)[C@@H]2[C@@H](c3ccc(OC)cc3OC)C3(C(=O)c4ccccc4C3=O)[C@H]3C=Cc4cc(F)ccc4N23)cc1. The molecular weight excluding hydrogens is 561 g/mol. The molecule has 2 aliphatic heterocycles. The molecule has 3 aliphatic rings. The van der Waals surface area contributed by atoms with E-state index in [1.807, 2.05) is 4.90 Å². The zero-order valence-corrected chi connectivity index (χ0v) is 24.2. The molecule has 0 N–H and O–H groups in total. The van der Waals surface area contributed by atoms with Gasteiger partial charge in [-0.15, -0.1) is 0 Å². The van der Waals surface area contributed by atoms with Crippen molar-refractivity contribution < 1.29 is 33.0 Å². The Morgan fingerprint density at radius 2 is 1.45 bits per heavy atom. The first-order valence-corrected chi connectivity index (χ1v) is 14.2.